The SMILES string of the molecule is CC(C)c1cccc(C(C)C)c1N1N=[N+](c2c(C(C)C)cccc2C(C)C)C(c2ccccc2)C1c1ccccc1. The number of nitrogens with zero attached hydrogens (tertiary/aromatic N) is 3. The largest absolute Gasteiger partial charge is 0.195 e. The maximum absolute atomic E-state index is 5.68. The fourth-order valence-corrected chi connectivity index (χ4v) is 6.35. The van der Waals surface area contributed by atoms with Crippen LogP contribution in [0.3, 0.4) is 0 Å². The second kappa shape index (κ2) is 12.0. The maximum atomic E-state index is 5.68. The van der Waals surface area contributed by atoms with Gasteiger partial charge in [0.05, 0.1) is 5.22 Å². The number of hydrogen-bond donors (Lipinski definition) is 0. The van der Waals surface area contributed by atoms with E-state index in [1.807, 2.05) is 0 Å². The first-order chi connectivity index (χ1) is 19.7. The highest BCUT2D eigenvalue weighted by atomic mass is 15.7. The van der Waals surface area contributed by atoms with E-state index in [-0.39, 0.29) is 12.1 Å². The van der Waals surface area contributed by atoms with Crippen molar-refractivity contribution in [1.29, 1.82) is 0 Å². The topological polar surface area (TPSA) is 18.6 Å². The number of para-hydroxylation sites is 2. The number of anilines is 1. The maximum Gasteiger partial charge on any atom is 0.195 e. The van der Waals surface area contributed by atoms with Gasteiger partial charge in [-0.25, -0.2) is 0 Å². The molecule has 212 valence electrons. The van der Waals surface area contributed by atoms with Crippen LogP contribution < -0.4 is 5.01 Å². The second-order valence-corrected chi connectivity index (χ2v) is 12.7. The molecule has 1 aliphatic heterocycles. The Kier molecular flexibility index (Phi) is 8.45. The van der Waals surface area contributed by atoms with Crippen LogP contribution in [-0.2, 0) is 0 Å². The standard InChI is InChI=1S/C38H46N3/c1-25(2)31-21-15-22-32(26(3)4)37(31)40-35(29-17-11-9-12-18-29)36(30-19-13-10-14-20-30)41(39-40)38-33(27(5)6)23-16-24-34(38)28(7)8/h9-28,35-36H,1-8H3/q+1. The Morgan fingerprint density at radius 3 is 1.37 bits per heavy atom. The fourth-order valence-electron chi connectivity index (χ4n) is 6.35. The molecule has 4 aromatic rings. The van der Waals surface area contributed by atoms with Crippen LogP contribution in [0.25, 0.3) is 0 Å². The molecule has 2 unspecified atom stereocenters. The van der Waals surface area contributed by atoms with Gasteiger partial charge in [-0.3, -0.25) is 0 Å². The summed E-state index contributed by atoms with van der Waals surface area (Å²) in [5, 5.41) is 8.06. The molecule has 0 saturated heterocycles. The summed E-state index contributed by atoms with van der Waals surface area (Å²) in [6.07, 6.45) is 0. The molecule has 4 aromatic carbocycles. The van der Waals surface area contributed by atoms with Crippen molar-refractivity contribution in [2.75, 3.05) is 5.01 Å². The van der Waals surface area contributed by atoms with Gasteiger partial charge in [0.25, 0.3) is 0 Å². The van der Waals surface area contributed by atoms with Crippen molar-refractivity contribution < 1.29 is 4.70 Å². The van der Waals surface area contributed by atoms with Crippen molar-refractivity contribution in [2.45, 2.75) is 91.1 Å². The van der Waals surface area contributed by atoms with Crippen LogP contribution in [0.15, 0.2) is 102 Å². The van der Waals surface area contributed by atoms with Crippen LogP contribution in [0, 0.1) is 0 Å². The monoisotopic (exact) mass is 544 g/mol. The van der Waals surface area contributed by atoms with Gasteiger partial charge in [0.2, 0.25) is 0 Å². The Bertz CT molecular complexity index is 1450. The predicted octanol–water partition coefficient (Wildman–Crippen LogP) is 11.2. The average molecular weight is 545 g/mol. The Balaban J connectivity index is 1.90. The van der Waals surface area contributed by atoms with Crippen LogP contribution in [0.5, 0.6) is 0 Å². The molecule has 0 spiro atoms. The minimum absolute atomic E-state index is 0.00349. The summed E-state index contributed by atoms with van der Waals surface area (Å²) in [6.45, 7) is 18.4. The van der Waals surface area contributed by atoms with E-state index in [4.69, 9.17) is 5.22 Å². The van der Waals surface area contributed by atoms with Crippen molar-refractivity contribution in [3.05, 3.63) is 130 Å². The Labute approximate surface area is 247 Å². The van der Waals surface area contributed by atoms with Crippen molar-refractivity contribution in [3.8, 4) is 0 Å². The van der Waals surface area contributed by atoms with E-state index in [2.05, 4.69) is 162 Å². The van der Waals surface area contributed by atoms with Crippen LogP contribution >= 0.6 is 0 Å². The van der Waals surface area contributed by atoms with E-state index in [0.29, 0.717) is 23.7 Å². The van der Waals surface area contributed by atoms with E-state index in [1.54, 1.807) is 0 Å². The summed E-state index contributed by atoms with van der Waals surface area (Å²) >= 11 is 0. The molecular formula is C38H46N3+. The zero-order valence-corrected chi connectivity index (χ0v) is 26.0. The van der Waals surface area contributed by atoms with Gasteiger partial charge in [-0.1, -0.05) is 152 Å². The summed E-state index contributed by atoms with van der Waals surface area (Å²) in [7, 11) is 0. The number of rotatable bonds is 8. The Morgan fingerprint density at radius 2 is 0.927 bits per heavy atom. The zero-order valence-electron chi connectivity index (χ0n) is 26.0. The first-order valence-electron chi connectivity index (χ1n) is 15.4. The molecule has 0 amide bonds. The summed E-state index contributed by atoms with van der Waals surface area (Å²) in [6, 6.07) is 35.6. The van der Waals surface area contributed by atoms with Gasteiger partial charge in [-0.2, -0.15) is 0 Å². The summed E-state index contributed by atoms with van der Waals surface area (Å²) in [5.41, 5.74) is 10.4. The molecule has 0 saturated carbocycles. The van der Waals surface area contributed by atoms with Gasteiger partial charge in [-0.05, 0) is 23.7 Å². The third-order valence-corrected chi connectivity index (χ3v) is 8.44. The molecule has 0 aromatic heterocycles. The van der Waals surface area contributed by atoms with E-state index in [9.17, 15) is 0 Å². The molecule has 0 radical (unpaired) electrons. The number of benzene rings is 4. The van der Waals surface area contributed by atoms with Gasteiger partial charge in [0.1, 0.15) is 0 Å². The lowest BCUT2D eigenvalue weighted by Crippen LogP contribution is -2.26. The first kappa shape index (κ1) is 28.8. The van der Waals surface area contributed by atoms with Gasteiger partial charge < -0.3 is 0 Å². The van der Waals surface area contributed by atoms with Crippen molar-refractivity contribution in [2.24, 2.45) is 5.22 Å². The third kappa shape index (κ3) is 5.47. The van der Waals surface area contributed by atoms with Crippen LogP contribution in [0.1, 0.15) is 125 Å². The Morgan fingerprint density at radius 1 is 0.512 bits per heavy atom. The summed E-state index contributed by atoms with van der Waals surface area (Å²) in [5.74, 6) is 1.48. The summed E-state index contributed by atoms with van der Waals surface area (Å²) in [4.78, 5) is 0. The van der Waals surface area contributed by atoms with Gasteiger partial charge in [0, 0.05) is 33.4 Å². The second-order valence-electron chi connectivity index (χ2n) is 12.7. The third-order valence-electron chi connectivity index (χ3n) is 8.44. The van der Waals surface area contributed by atoms with Crippen LogP contribution in [0.2, 0.25) is 0 Å². The van der Waals surface area contributed by atoms with E-state index >= 15 is 0 Å². The van der Waals surface area contributed by atoms with Gasteiger partial charge in [0.15, 0.2) is 23.5 Å². The molecule has 1 heterocycles. The normalized spacial score (nSPS) is 17.3. The van der Waals surface area contributed by atoms with Gasteiger partial charge >= 0.3 is 0 Å². The molecular weight excluding hydrogens is 498 g/mol. The average Bonchev–Trinajstić information content (AvgIpc) is 3.37. The molecule has 0 bridgehead atoms. The molecule has 2 atom stereocenters. The van der Waals surface area contributed by atoms with E-state index in [0.717, 1.165) is 0 Å². The highest BCUT2D eigenvalue weighted by molar-refractivity contribution is 5.64. The lowest BCUT2D eigenvalue weighted by molar-refractivity contribution is -0.546. The van der Waals surface area contributed by atoms with Crippen LogP contribution in [-0.4, -0.2) is 4.70 Å². The minimum atomic E-state index is -0.00349. The molecule has 3 nitrogen and oxygen atoms in total. The lowest BCUT2D eigenvalue weighted by atomic mass is 9.87. The highest BCUT2D eigenvalue weighted by Crippen LogP contribution is 2.52. The molecule has 3 heteroatoms. The quantitative estimate of drug-likeness (QED) is 0.202. The lowest BCUT2D eigenvalue weighted by Gasteiger charge is -2.26. The highest BCUT2D eigenvalue weighted by Gasteiger charge is 2.50. The fraction of sp³-hybridized carbons (Fsp3) is 0.368. The van der Waals surface area contributed by atoms with Crippen molar-refractivity contribution >= 4 is 11.4 Å². The molecule has 1 aliphatic rings. The van der Waals surface area contributed by atoms with E-state index < -0.39 is 0 Å². The van der Waals surface area contributed by atoms with Crippen molar-refractivity contribution in [1.82, 2.24) is 0 Å². The number of hydrogen-bond acceptors (Lipinski definition) is 2. The zero-order chi connectivity index (χ0) is 29.3. The molecule has 41 heavy (non-hydrogen) atoms. The smallest absolute Gasteiger partial charge is 0.121 e. The first-order valence-corrected chi connectivity index (χ1v) is 15.4. The van der Waals surface area contributed by atoms with Crippen molar-refractivity contribution in [3.63, 3.8) is 0 Å². The predicted molar refractivity (Wildman–Crippen MR) is 172 cm³/mol. The molecule has 0 N–H and O–H groups in total. The summed E-state index contributed by atoms with van der Waals surface area (Å²) < 4.78 is 2.37. The Hall–Kier alpha value is -3.72. The molecule has 0 aliphatic carbocycles. The minimum Gasteiger partial charge on any atom is -0.121 e. The van der Waals surface area contributed by atoms with Gasteiger partial charge in [-0.15, -0.1) is 9.71 Å². The molecule has 0 fully saturated rings. The van der Waals surface area contributed by atoms with E-state index in [1.165, 1.54) is 44.8 Å². The molecule has 5 rings (SSSR count). The van der Waals surface area contributed by atoms with Crippen LogP contribution in [0.4, 0.5) is 11.4 Å².